The number of benzene rings is 2. The molecule has 176 valence electrons. The molecule has 3 heterocycles. The fourth-order valence-electron chi connectivity index (χ4n) is 5.12. The number of nitrogens with one attached hydrogen (secondary N) is 1. The lowest BCUT2D eigenvalue weighted by molar-refractivity contribution is -0.125. The Kier molecular flexibility index (Phi) is 6.34. The Morgan fingerprint density at radius 1 is 1.12 bits per heavy atom. The topological polar surface area (TPSA) is 57.7 Å². The summed E-state index contributed by atoms with van der Waals surface area (Å²) in [6.45, 7) is 2.50. The summed E-state index contributed by atoms with van der Waals surface area (Å²) in [7, 11) is 1.66. The predicted molar refractivity (Wildman–Crippen MR) is 131 cm³/mol. The molecule has 2 aliphatic heterocycles. The number of halogens is 1. The molecular formula is C27H29FN4O2. The van der Waals surface area contributed by atoms with E-state index in [1.807, 2.05) is 36.4 Å². The first-order chi connectivity index (χ1) is 16.6. The molecule has 0 radical (unpaired) electrons. The van der Waals surface area contributed by atoms with Crippen molar-refractivity contribution in [3.05, 3.63) is 83.9 Å². The first-order valence-corrected chi connectivity index (χ1v) is 11.7. The minimum absolute atomic E-state index is 0.0304. The Labute approximate surface area is 199 Å². The largest absolute Gasteiger partial charge is 0.497 e. The molecule has 0 aliphatic carbocycles. The molecule has 34 heavy (non-hydrogen) atoms. The Bertz CT molecular complexity index is 1160. The summed E-state index contributed by atoms with van der Waals surface area (Å²) in [5.41, 5.74) is 3.79. The molecule has 6 nitrogen and oxygen atoms in total. The highest BCUT2D eigenvalue weighted by atomic mass is 19.1. The van der Waals surface area contributed by atoms with Crippen LogP contribution >= 0.6 is 0 Å². The van der Waals surface area contributed by atoms with Gasteiger partial charge in [0.2, 0.25) is 5.91 Å². The maximum absolute atomic E-state index is 14.6. The van der Waals surface area contributed by atoms with E-state index in [1.54, 1.807) is 19.4 Å². The zero-order valence-electron chi connectivity index (χ0n) is 19.3. The molecule has 7 heteroatoms. The number of nitrogens with zero attached hydrogens (tertiary/aromatic N) is 3. The molecule has 1 amide bonds. The molecule has 2 aliphatic rings. The van der Waals surface area contributed by atoms with E-state index in [9.17, 15) is 9.18 Å². The van der Waals surface area contributed by atoms with Gasteiger partial charge in [-0.2, -0.15) is 0 Å². The van der Waals surface area contributed by atoms with E-state index in [4.69, 9.17) is 4.74 Å². The number of carbonyl (C=O) groups excluding carboxylic acids is 1. The van der Waals surface area contributed by atoms with Crippen molar-refractivity contribution < 1.29 is 13.9 Å². The molecule has 1 aromatic heterocycles. The fourth-order valence-corrected chi connectivity index (χ4v) is 5.12. The summed E-state index contributed by atoms with van der Waals surface area (Å²) in [5, 5.41) is 3.13. The smallest absolute Gasteiger partial charge is 0.225 e. The van der Waals surface area contributed by atoms with Crippen LogP contribution in [0.15, 0.2) is 66.9 Å². The number of carbonyl (C=O) groups is 1. The number of methoxy groups -OCH3 is 1. The van der Waals surface area contributed by atoms with Crippen molar-refractivity contribution in [3.63, 3.8) is 0 Å². The molecule has 2 unspecified atom stereocenters. The number of anilines is 2. The second-order valence-electron chi connectivity index (χ2n) is 8.83. The molecule has 0 bridgehead atoms. The maximum Gasteiger partial charge on any atom is 0.225 e. The van der Waals surface area contributed by atoms with Gasteiger partial charge in [0, 0.05) is 56.2 Å². The van der Waals surface area contributed by atoms with Crippen molar-refractivity contribution >= 4 is 17.3 Å². The van der Waals surface area contributed by atoms with Gasteiger partial charge in [-0.05, 0) is 42.3 Å². The molecule has 0 saturated carbocycles. The van der Waals surface area contributed by atoms with Crippen LogP contribution in [-0.2, 0) is 17.6 Å². The van der Waals surface area contributed by atoms with E-state index in [1.165, 1.54) is 6.07 Å². The van der Waals surface area contributed by atoms with Crippen molar-refractivity contribution in [1.82, 2.24) is 10.3 Å². The van der Waals surface area contributed by atoms with E-state index in [-0.39, 0.29) is 23.7 Å². The third kappa shape index (κ3) is 4.42. The minimum Gasteiger partial charge on any atom is -0.497 e. The summed E-state index contributed by atoms with van der Waals surface area (Å²) in [4.78, 5) is 22.1. The number of pyridine rings is 1. The van der Waals surface area contributed by atoms with Crippen LogP contribution in [0.1, 0.15) is 11.3 Å². The van der Waals surface area contributed by atoms with E-state index >= 15 is 0 Å². The van der Waals surface area contributed by atoms with Crippen molar-refractivity contribution in [3.8, 4) is 5.75 Å². The summed E-state index contributed by atoms with van der Waals surface area (Å²) >= 11 is 0. The Morgan fingerprint density at radius 3 is 2.76 bits per heavy atom. The van der Waals surface area contributed by atoms with Crippen molar-refractivity contribution in [2.45, 2.75) is 18.9 Å². The van der Waals surface area contributed by atoms with E-state index < -0.39 is 0 Å². The summed E-state index contributed by atoms with van der Waals surface area (Å²) in [6.07, 6.45) is 3.09. The number of amides is 1. The predicted octanol–water partition coefficient (Wildman–Crippen LogP) is 3.46. The van der Waals surface area contributed by atoms with Crippen LogP contribution in [0.4, 0.5) is 15.8 Å². The summed E-state index contributed by atoms with van der Waals surface area (Å²) in [6, 6.07) is 18.7. The molecule has 2 aromatic carbocycles. The number of ether oxygens (including phenoxy) is 1. The van der Waals surface area contributed by atoms with Gasteiger partial charge in [-0.15, -0.1) is 0 Å². The number of piperazine rings is 1. The number of rotatable bonds is 6. The highest BCUT2D eigenvalue weighted by Gasteiger charge is 2.42. The molecule has 1 saturated heterocycles. The van der Waals surface area contributed by atoms with Gasteiger partial charge in [0.05, 0.1) is 24.8 Å². The van der Waals surface area contributed by atoms with E-state index in [0.717, 1.165) is 22.7 Å². The quantitative estimate of drug-likeness (QED) is 0.611. The van der Waals surface area contributed by atoms with Gasteiger partial charge < -0.3 is 19.9 Å². The van der Waals surface area contributed by atoms with Crippen LogP contribution in [0.2, 0.25) is 0 Å². The first-order valence-electron chi connectivity index (χ1n) is 11.7. The van der Waals surface area contributed by atoms with Crippen LogP contribution in [-0.4, -0.2) is 50.2 Å². The van der Waals surface area contributed by atoms with Gasteiger partial charge in [0.15, 0.2) is 0 Å². The lowest BCUT2D eigenvalue weighted by Gasteiger charge is -2.49. The number of hydrogen-bond donors (Lipinski definition) is 1. The minimum atomic E-state index is -0.237. The van der Waals surface area contributed by atoms with E-state index in [0.29, 0.717) is 44.7 Å². The van der Waals surface area contributed by atoms with Crippen LogP contribution in [0.5, 0.6) is 5.75 Å². The molecular weight excluding hydrogens is 431 g/mol. The zero-order valence-corrected chi connectivity index (χ0v) is 19.3. The third-order valence-electron chi connectivity index (χ3n) is 6.86. The SMILES string of the molecule is COc1ccc2c(c1)N1CCN(c3ccccc3F)CC1C(C(=O)NCCc1ccccn1)C2. The molecule has 5 rings (SSSR count). The van der Waals surface area contributed by atoms with Crippen molar-refractivity contribution in [1.29, 1.82) is 0 Å². The van der Waals surface area contributed by atoms with Gasteiger partial charge in [-0.3, -0.25) is 9.78 Å². The number of hydrogen-bond acceptors (Lipinski definition) is 5. The monoisotopic (exact) mass is 460 g/mol. The zero-order chi connectivity index (χ0) is 23.5. The van der Waals surface area contributed by atoms with Crippen LogP contribution < -0.4 is 19.9 Å². The second-order valence-corrected chi connectivity index (χ2v) is 8.83. The van der Waals surface area contributed by atoms with Gasteiger partial charge >= 0.3 is 0 Å². The Hall–Kier alpha value is -3.61. The normalized spacial score (nSPS) is 19.2. The number of fused-ring (bicyclic) bond motifs is 3. The lowest BCUT2D eigenvalue weighted by atomic mass is 9.83. The highest BCUT2D eigenvalue weighted by Crippen LogP contribution is 2.39. The summed E-state index contributed by atoms with van der Waals surface area (Å²) < 4.78 is 20.0. The lowest BCUT2D eigenvalue weighted by Crippen LogP contribution is -2.61. The Morgan fingerprint density at radius 2 is 1.97 bits per heavy atom. The van der Waals surface area contributed by atoms with Gasteiger partial charge in [0.25, 0.3) is 0 Å². The third-order valence-corrected chi connectivity index (χ3v) is 6.86. The van der Waals surface area contributed by atoms with E-state index in [2.05, 4.69) is 32.2 Å². The standard InChI is InChI=1S/C27H29FN4O2/c1-34-21-10-9-19-16-22(27(33)30-13-11-20-6-4-5-12-29-20)26-18-31(14-15-32(26)25(19)17-21)24-8-3-2-7-23(24)28/h2-10,12,17,22,26H,11,13-16,18H2,1H3,(H,30,33). The van der Waals surface area contributed by atoms with Gasteiger partial charge in [-0.25, -0.2) is 4.39 Å². The Balaban J connectivity index is 1.38. The van der Waals surface area contributed by atoms with Crippen LogP contribution in [0.25, 0.3) is 0 Å². The van der Waals surface area contributed by atoms with Crippen molar-refractivity contribution in [2.75, 3.05) is 43.1 Å². The number of aromatic nitrogens is 1. The van der Waals surface area contributed by atoms with Crippen molar-refractivity contribution in [2.24, 2.45) is 5.92 Å². The molecule has 0 spiro atoms. The molecule has 1 fully saturated rings. The maximum atomic E-state index is 14.6. The first kappa shape index (κ1) is 22.2. The average molecular weight is 461 g/mol. The summed E-state index contributed by atoms with van der Waals surface area (Å²) in [5.74, 6) is 0.361. The van der Waals surface area contributed by atoms with Crippen LogP contribution in [0, 0.1) is 11.7 Å². The average Bonchev–Trinajstić information content (AvgIpc) is 2.88. The highest BCUT2D eigenvalue weighted by molar-refractivity contribution is 5.82. The molecule has 3 aromatic rings. The van der Waals surface area contributed by atoms with Gasteiger partial charge in [0.1, 0.15) is 11.6 Å². The fraction of sp³-hybridized carbons (Fsp3) is 0.333. The molecule has 2 atom stereocenters. The van der Waals surface area contributed by atoms with Gasteiger partial charge in [-0.1, -0.05) is 24.3 Å². The second kappa shape index (κ2) is 9.71. The number of para-hydroxylation sites is 1. The molecule has 1 N–H and O–H groups in total. The van der Waals surface area contributed by atoms with Crippen LogP contribution in [0.3, 0.4) is 0 Å².